The summed E-state index contributed by atoms with van der Waals surface area (Å²) >= 11 is 0. The predicted molar refractivity (Wildman–Crippen MR) is 80.8 cm³/mol. The van der Waals surface area contributed by atoms with E-state index in [1.807, 2.05) is 0 Å². The summed E-state index contributed by atoms with van der Waals surface area (Å²) < 4.78 is 0. The maximum Gasteiger partial charge on any atom is 0.0941 e. The van der Waals surface area contributed by atoms with Crippen LogP contribution in [0.1, 0.15) is 28.3 Å². The number of aryl methyl sites for hydroxylation is 2. The van der Waals surface area contributed by atoms with E-state index in [0.29, 0.717) is 0 Å². The molecule has 0 saturated carbocycles. The summed E-state index contributed by atoms with van der Waals surface area (Å²) in [5.41, 5.74) is 6.08. The molecule has 0 aromatic heterocycles. The molecule has 0 radical (unpaired) electrons. The third-order valence-corrected chi connectivity index (χ3v) is 3.48. The van der Waals surface area contributed by atoms with Gasteiger partial charge < -0.3 is 0 Å². The molecule has 94 valence electrons. The van der Waals surface area contributed by atoms with Crippen LogP contribution in [0.3, 0.4) is 0 Å². The molecule has 0 saturated heterocycles. The Balaban J connectivity index is 1.87. The van der Waals surface area contributed by atoms with Crippen LogP contribution in [0.25, 0.3) is 0 Å². The van der Waals surface area contributed by atoms with Crippen molar-refractivity contribution in [2.24, 2.45) is 4.99 Å². The van der Waals surface area contributed by atoms with E-state index in [2.05, 4.69) is 74.5 Å². The van der Waals surface area contributed by atoms with Crippen molar-refractivity contribution in [2.75, 3.05) is 0 Å². The lowest BCUT2D eigenvalue weighted by atomic mass is 10.1. The fraction of sp³-hybridized carbons (Fsp3) is 0.167. The number of nitrogens with zero attached hydrogens (tertiary/aromatic N) is 1. The van der Waals surface area contributed by atoms with Crippen LogP contribution >= 0.6 is 0 Å². The summed E-state index contributed by atoms with van der Waals surface area (Å²) in [6, 6.07) is 17.3. The molecule has 0 spiro atoms. The van der Waals surface area contributed by atoms with Crippen molar-refractivity contribution in [2.45, 2.75) is 19.9 Å². The first-order chi connectivity index (χ1) is 9.22. The van der Waals surface area contributed by atoms with Crippen molar-refractivity contribution < 1.29 is 0 Å². The van der Waals surface area contributed by atoms with Crippen LogP contribution in [-0.2, 0) is 0 Å². The lowest BCUT2D eigenvalue weighted by molar-refractivity contribution is 0.931. The van der Waals surface area contributed by atoms with Crippen molar-refractivity contribution >= 4 is 5.71 Å². The van der Waals surface area contributed by atoms with Crippen molar-refractivity contribution in [3.63, 3.8) is 0 Å². The summed E-state index contributed by atoms with van der Waals surface area (Å²) in [4.78, 5) is 4.79. The molecular weight excluding hydrogens is 230 g/mol. The van der Waals surface area contributed by atoms with Gasteiger partial charge in [0.1, 0.15) is 0 Å². The zero-order valence-electron chi connectivity index (χ0n) is 11.3. The van der Waals surface area contributed by atoms with Crippen LogP contribution in [0.4, 0.5) is 0 Å². The van der Waals surface area contributed by atoms with Gasteiger partial charge >= 0.3 is 0 Å². The molecule has 0 aliphatic carbocycles. The van der Waals surface area contributed by atoms with Crippen LogP contribution in [0, 0.1) is 13.8 Å². The zero-order chi connectivity index (χ0) is 13.2. The van der Waals surface area contributed by atoms with Gasteiger partial charge in [0.2, 0.25) is 0 Å². The Morgan fingerprint density at radius 2 is 1.37 bits per heavy atom. The molecule has 1 unspecified atom stereocenters. The Morgan fingerprint density at radius 3 is 2.00 bits per heavy atom. The number of allylic oxidation sites excluding steroid dienone is 1. The molecule has 19 heavy (non-hydrogen) atoms. The highest BCUT2D eigenvalue weighted by molar-refractivity contribution is 6.10. The number of rotatable bonds is 2. The van der Waals surface area contributed by atoms with E-state index in [0.717, 1.165) is 5.71 Å². The minimum atomic E-state index is 0.164. The lowest BCUT2D eigenvalue weighted by Gasteiger charge is -2.06. The highest BCUT2D eigenvalue weighted by Crippen LogP contribution is 2.25. The molecule has 1 atom stereocenters. The normalized spacial score (nSPS) is 17.6. The van der Waals surface area contributed by atoms with Gasteiger partial charge in [-0.25, -0.2) is 0 Å². The molecular formula is C18H17N. The second kappa shape index (κ2) is 4.85. The molecule has 0 fully saturated rings. The Kier molecular flexibility index (Phi) is 3.04. The Hall–Kier alpha value is -2.15. The number of benzene rings is 2. The van der Waals surface area contributed by atoms with Crippen molar-refractivity contribution in [1.82, 2.24) is 0 Å². The van der Waals surface area contributed by atoms with E-state index in [1.54, 1.807) is 0 Å². The molecule has 1 heteroatoms. The molecule has 2 aromatic rings. The first kappa shape index (κ1) is 11.9. The lowest BCUT2D eigenvalue weighted by Crippen LogP contribution is -1.95. The zero-order valence-corrected chi connectivity index (χ0v) is 11.3. The molecule has 0 N–H and O–H groups in total. The number of aliphatic imine (C=N–C) groups is 1. The van der Waals surface area contributed by atoms with E-state index in [4.69, 9.17) is 4.99 Å². The van der Waals surface area contributed by atoms with Gasteiger partial charge in [-0.2, -0.15) is 0 Å². The van der Waals surface area contributed by atoms with E-state index in [1.165, 1.54) is 22.3 Å². The smallest absolute Gasteiger partial charge is 0.0941 e. The Morgan fingerprint density at radius 1 is 0.789 bits per heavy atom. The molecule has 0 bridgehead atoms. The molecule has 1 aliphatic rings. The molecule has 3 rings (SSSR count). The predicted octanol–water partition coefficient (Wildman–Crippen LogP) is 4.40. The maximum absolute atomic E-state index is 4.79. The topological polar surface area (TPSA) is 12.4 Å². The van der Waals surface area contributed by atoms with Crippen LogP contribution in [-0.4, -0.2) is 5.71 Å². The molecule has 2 aromatic carbocycles. The van der Waals surface area contributed by atoms with Crippen molar-refractivity contribution in [3.05, 3.63) is 82.9 Å². The van der Waals surface area contributed by atoms with Crippen LogP contribution in [0.15, 0.2) is 65.7 Å². The highest BCUT2D eigenvalue weighted by atomic mass is 14.8. The molecule has 1 heterocycles. The maximum atomic E-state index is 4.79. The number of hydrogen-bond acceptors (Lipinski definition) is 1. The van der Waals surface area contributed by atoms with E-state index >= 15 is 0 Å². The highest BCUT2D eigenvalue weighted by Gasteiger charge is 2.13. The first-order valence-corrected chi connectivity index (χ1v) is 6.62. The SMILES string of the molecule is Cc1ccc(C2=NC(c3ccc(C)cc3)C=C2)cc1. The summed E-state index contributed by atoms with van der Waals surface area (Å²) in [6.07, 6.45) is 4.29. The van der Waals surface area contributed by atoms with E-state index in [9.17, 15) is 0 Å². The summed E-state index contributed by atoms with van der Waals surface area (Å²) in [5, 5.41) is 0. The van der Waals surface area contributed by atoms with Gasteiger partial charge in [0.15, 0.2) is 0 Å². The fourth-order valence-corrected chi connectivity index (χ4v) is 2.26. The monoisotopic (exact) mass is 247 g/mol. The first-order valence-electron chi connectivity index (χ1n) is 6.62. The quantitative estimate of drug-likeness (QED) is 0.745. The van der Waals surface area contributed by atoms with E-state index in [-0.39, 0.29) is 6.04 Å². The van der Waals surface area contributed by atoms with E-state index < -0.39 is 0 Å². The van der Waals surface area contributed by atoms with Gasteiger partial charge in [-0.3, -0.25) is 4.99 Å². The summed E-state index contributed by atoms with van der Waals surface area (Å²) in [5.74, 6) is 0. The van der Waals surface area contributed by atoms with Gasteiger partial charge in [-0.05, 0) is 31.1 Å². The number of hydrogen-bond donors (Lipinski definition) is 0. The minimum Gasteiger partial charge on any atom is -0.272 e. The standard InChI is InChI=1S/C18H17N/c1-13-3-7-15(8-4-13)17-11-12-18(19-17)16-9-5-14(2)6-10-16/h3-12,17H,1-2H3. The molecule has 0 amide bonds. The third-order valence-electron chi connectivity index (χ3n) is 3.48. The van der Waals surface area contributed by atoms with Crippen LogP contribution < -0.4 is 0 Å². The van der Waals surface area contributed by atoms with Crippen molar-refractivity contribution in [1.29, 1.82) is 0 Å². The van der Waals surface area contributed by atoms with Crippen LogP contribution in [0.2, 0.25) is 0 Å². The fourth-order valence-electron chi connectivity index (χ4n) is 2.26. The van der Waals surface area contributed by atoms with Crippen molar-refractivity contribution in [3.8, 4) is 0 Å². The Labute approximate surface area is 114 Å². The average molecular weight is 247 g/mol. The Bertz CT molecular complexity index is 630. The molecule has 1 nitrogen and oxygen atoms in total. The van der Waals surface area contributed by atoms with Gasteiger partial charge in [0.05, 0.1) is 11.8 Å². The minimum absolute atomic E-state index is 0.164. The third kappa shape index (κ3) is 2.50. The van der Waals surface area contributed by atoms with Crippen LogP contribution in [0.5, 0.6) is 0 Å². The van der Waals surface area contributed by atoms with Gasteiger partial charge in [0, 0.05) is 0 Å². The van der Waals surface area contributed by atoms with Gasteiger partial charge in [0.25, 0.3) is 0 Å². The average Bonchev–Trinajstić information content (AvgIpc) is 2.90. The van der Waals surface area contributed by atoms with Gasteiger partial charge in [-0.15, -0.1) is 0 Å². The summed E-state index contributed by atoms with van der Waals surface area (Å²) in [6.45, 7) is 4.21. The second-order valence-electron chi connectivity index (χ2n) is 5.10. The summed E-state index contributed by atoms with van der Waals surface area (Å²) in [7, 11) is 0. The molecule has 1 aliphatic heterocycles. The largest absolute Gasteiger partial charge is 0.272 e. The van der Waals surface area contributed by atoms with Gasteiger partial charge in [-0.1, -0.05) is 65.7 Å². The second-order valence-corrected chi connectivity index (χ2v) is 5.10.